The lowest BCUT2D eigenvalue weighted by molar-refractivity contribution is 0.0891. The van der Waals surface area contributed by atoms with Crippen molar-refractivity contribution in [3.63, 3.8) is 0 Å². The van der Waals surface area contributed by atoms with Crippen molar-refractivity contribution in [1.29, 1.82) is 0 Å². The Balaban J connectivity index is 2.02. The van der Waals surface area contributed by atoms with Crippen LogP contribution in [-0.2, 0) is 4.74 Å². The van der Waals surface area contributed by atoms with Crippen LogP contribution in [0.5, 0.6) is 0 Å². The topological polar surface area (TPSA) is 66.5 Å². The molecule has 1 heterocycles. The Hall–Kier alpha value is -2.03. The van der Waals surface area contributed by atoms with Gasteiger partial charge in [-0.3, -0.25) is 15.2 Å². The number of nitrogens with zero attached hydrogens (tertiary/aromatic N) is 2. The fourth-order valence-corrected chi connectivity index (χ4v) is 3.14. The molecule has 2 N–H and O–H groups in total. The van der Waals surface area contributed by atoms with E-state index in [0.717, 1.165) is 17.0 Å². The maximum absolute atomic E-state index is 12.7. The molecule has 1 amide bonds. The molecule has 0 saturated carbocycles. The van der Waals surface area contributed by atoms with E-state index in [4.69, 9.17) is 17.0 Å². The maximum atomic E-state index is 12.7. The third kappa shape index (κ3) is 5.48. The summed E-state index contributed by atoms with van der Waals surface area (Å²) in [6.45, 7) is 3.23. The Morgan fingerprint density at radius 1 is 1.36 bits per heavy atom. The Bertz CT molecular complexity index is 719. The van der Waals surface area contributed by atoms with Gasteiger partial charge in [0.25, 0.3) is 5.91 Å². The van der Waals surface area contributed by atoms with Crippen molar-refractivity contribution < 1.29 is 9.53 Å². The van der Waals surface area contributed by atoms with Crippen molar-refractivity contribution in [3.05, 3.63) is 40.2 Å². The summed E-state index contributed by atoms with van der Waals surface area (Å²) in [7, 11) is 3.37. The first-order valence-electron chi connectivity index (χ1n) is 7.87. The number of methoxy groups -OCH3 is 1. The average molecular weight is 379 g/mol. The molecular formula is C17H22N4O2S2. The van der Waals surface area contributed by atoms with Gasteiger partial charge in [0.1, 0.15) is 4.88 Å². The van der Waals surface area contributed by atoms with Crippen molar-refractivity contribution >= 4 is 34.6 Å². The molecule has 0 unspecified atom stereocenters. The average Bonchev–Trinajstić information content (AvgIpc) is 3.01. The van der Waals surface area contributed by atoms with Crippen molar-refractivity contribution in [3.8, 4) is 11.3 Å². The van der Waals surface area contributed by atoms with Gasteiger partial charge in [0.05, 0.1) is 10.7 Å². The Kier molecular flexibility index (Phi) is 7.30. The van der Waals surface area contributed by atoms with Crippen molar-refractivity contribution in [2.45, 2.75) is 13.3 Å². The normalized spacial score (nSPS) is 10.4. The van der Waals surface area contributed by atoms with Crippen LogP contribution >= 0.6 is 23.6 Å². The van der Waals surface area contributed by atoms with Gasteiger partial charge < -0.3 is 10.1 Å². The summed E-state index contributed by atoms with van der Waals surface area (Å²) in [5.74, 6) is -0.229. The zero-order chi connectivity index (χ0) is 18.2. The number of hydrazine groups is 1. The number of carbonyl (C=O) groups excluding carboxylic acids is 1. The highest BCUT2D eigenvalue weighted by Gasteiger charge is 2.19. The largest absolute Gasteiger partial charge is 0.385 e. The van der Waals surface area contributed by atoms with E-state index >= 15 is 0 Å². The molecule has 0 aliphatic carbocycles. The molecule has 0 aliphatic rings. The fraction of sp³-hybridized carbons (Fsp3) is 0.353. The van der Waals surface area contributed by atoms with Crippen molar-refractivity contribution in [1.82, 2.24) is 20.7 Å². The van der Waals surface area contributed by atoms with Gasteiger partial charge in [-0.1, -0.05) is 30.3 Å². The highest BCUT2D eigenvalue weighted by molar-refractivity contribution is 7.80. The van der Waals surface area contributed by atoms with E-state index in [1.807, 2.05) is 37.3 Å². The van der Waals surface area contributed by atoms with E-state index in [1.54, 1.807) is 14.2 Å². The molecule has 6 nitrogen and oxygen atoms in total. The van der Waals surface area contributed by atoms with Crippen LogP contribution in [0, 0.1) is 6.92 Å². The summed E-state index contributed by atoms with van der Waals surface area (Å²) in [4.78, 5) is 17.7. The van der Waals surface area contributed by atoms with Crippen molar-refractivity contribution in [2.75, 3.05) is 27.3 Å². The zero-order valence-corrected chi connectivity index (χ0v) is 16.2. The second kappa shape index (κ2) is 9.45. The van der Waals surface area contributed by atoms with Gasteiger partial charge in [0, 0.05) is 32.9 Å². The number of hydrogen-bond acceptors (Lipinski definition) is 5. The number of nitrogens with one attached hydrogen (secondary N) is 2. The number of aromatic nitrogens is 1. The van der Waals surface area contributed by atoms with Crippen LogP contribution in [0.2, 0.25) is 0 Å². The summed E-state index contributed by atoms with van der Waals surface area (Å²) in [6.07, 6.45) is 0.838. The third-order valence-electron chi connectivity index (χ3n) is 3.36. The second-order valence-electron chi connectivity index (χ2n) is 5.35. The van der Waals surface area contributed by atoms with E-state index < -0.39 is 0 Å². The lowest BCUT2D eigenvalue weighted by Crippen LogP contribution is -2.48. The molecular weight excluding hydrogens is 356 g/mol. The second-order valence-corrected chi connectivity index (χ2v) is 6.94. The predicted octanol–water partition coefficient (Wildman–Crippen LogP) is 2.61. The van der Waals surface area contributed by atoms with Crippen LogP contribution in [-0.4, -0.2) is 48.3 Å². The Morgan fingerprint density at radius 2 is 2.08 bits per heavy atom. The first-order chi connectivity index (χ1) is 12.0. The Morgan fingerprint density at radius 3 is 2.76 bits per heavy atom. The molecule has 0 radical (unpaired) electrons. The monoisotopic (exact) mass is 378 g/mol. The highest BCUT2D eigenvalue weighted by Crippen LogP contribution is 2.27. The molecule has 134 valence electrons. The van der Waals surface area contributed by atoms with E-state index in [-0.39, 0.29) is 5.91 Å². The van der Waals surface area contributed by atoms with Crippen molar-refractivity contribution in [2.24, 2.45) is 0 Å². The fourth-order valence-electron chi connectivity index (χ4n) is 2.16. The number of amides is 1. The molecule has 2 rings (SSSR count). The number of aryl methyl sites for hydroxylation is 1. The van der Waals surface area contributed by atoms with Gasteiger partial charge in [-0.05, 0) is 25.6 Å². The number of thiazole rings is 1. The molecule has 0 fully saturated rings. The lowest BCUT2D eigenvalue weighted by atomic mass is 10.1. The summed E-state index contributed by atoms with van der Waals surface area (Å²) in [6, 6.07) is 9.67. The molecule has 2 aromatic rings. The minimum Gasteiger partial charge on any atom is -0.385 e. The quantitative estimate of drug-likeness (QED) is 0.458. The summed E-state index contributed by atoms with van der Waals surface area (Å²) >= 11 is 6.64. The SMILES string of the molecule is COCCCNC(=S)N(C)NC(=O)c1sc(C)nc1-c1ccccc1. The molecule has 0 atom stereocenters. The van der Waals surface area contributed by atoms with Crippen LogP contribution in [0.1, 0.15) is 21.1 Å². The standard InChI is InChI=1S/C17H22N4O2S2/c1-12-19-14(13-8-5-4-6-9-13)15(25-12)16(22)20-21(2)17(24)18-10-7-11-23-3/h4-6,8-9H,7,10-11H2,1-3H3,(H,18,24)(H,20,22). The molecule has 1 aromatic heterocycles. The molecule has 0 spiro atoms. The van der Waals surface area contributed by atoms with E-state index in [2.05, 4.69) is 15.7 Å². The highest BCUT2D eigenvalue weighted by atomic mass is 32.1. The summed E-state index contributed by atoms with van der Waals surface area (Å²) in [5, 5.41) is 5.87. The van der Waals surface area contributed by atoms with Gasteiger partial charge in [-0.15, -0.1) is 11.3 Å². The molecule has 8 heteroatoms. The van der Waals surface area contributed by atoms with Gasteiger partial charge >= 0.3 is 0 Å². The molecule has 1 aromatic carbocycles. The van der Waals surface area contributed by atoms with Crippen LogP contribution in [0.4, 0.5) is 0 Å². The number of rotatable bonds is 6. The predicted molar refractivity (Wildman–Crippen MR) is 105 cm³/mol. The molecule has 0 bridgehead atoms. The van der Waals surface area contributed by atoms with Crippen LogP contribution in [0.15, 0.2) is 30.3 Å². The van der Waals surface area contributed by atoms with E-state index in [1.165, 1.54) is 16.3 Å². The van der Waals surface area contributed by atoms with E-state index in [0.29, 0.717) is 28.8 Å². The first kappa shape index (κ1) is 19.3. The van der Waals surface area contributed by atoms with Gasteiger partial charge in [-0.2, -0.15) is 0 Å². The summed E-state index contributed by atoms with van der Waals surface area (Å²) < 4.78 is 4.99. The minimum atomic E-state index is -0.229. The van der Waals surface area contributed by atoms with Gasteiger partial charge in [-0.25, -0.2) is 4.98 Å². The van der Waals surface area contributed by atoms with Gasteiger partial charge in [0.2, 0.25) is 0 Å². The van der Waals surface area contributed by atoms with Gasteiger partial charge in [0.15, 0.2) is 5.11 Å². The molecule has 0 aliphatic heterocycles. The van der Waals surface area contributed by atoms with E-state index in [9.17, 15) is 4.79 Å². The lowest BCUT2D eigenvalue weighted by Gasteiger charge is -2.21. The number of carbonyl (C=O) groups is 1. The molecule has 0 saturated heterocycles. The molecule has 25 heavy (non-hydrogen) atoms. The first-order valence-corrected chi connectivity index (χ1v) is 9.09. The third-order valence-corrected chi connectivity index (χ3v) is 4.75. The maximum Gasteiger partial charge on any atom is 0.282 e. The number of ether oxygens (including phenoxy) is 1. The summed E-state index contributed by atoms with van der Waals surface area (Å²) in [5.41, 5.74) is 4.39. The van der Waals surface area contributed by atoms with Crippen LogP contribution in [0.3, 0.4) is 0 Å². The number of hydrogen-bond donors (Lipinski definition) is 2. The number of benzene rings is 1. The zero-order valence-electron chi connectivity index (χ0n) is 14.5. The number of thiocarbonyl (C=S) groups is 1. The minimum absolute atomic E-state index is 0.229. The Labute approximate surface area is 157 Å². The van der Waals surface area contributed by atoms with Crippen LogP contribution < -0.4 is 10.7 Å². The van der Waals surface area contributed by atoms with Crippen LogP contribution in [0.25, 0.3) is 11.3 Å². The smallest absolute Gasteiger partial charge is 0.282 e.